The molecular formula is C13H17F3N6O2S. The van der Waals surface area contributed by atoms with Gasteiger partial charge in [0, 0.05) is 13.3 Å². The van der Waals surface area contributed by atoms with E-state index in [1.54, 1.807) is 0 Å². The summed E-state index contributed by atoms with van der Waals surface area (Å²) in [7, 11) is -2.32. The summed E-state index contributed by atoms with van der Waals surface area (Å²) in [6.45, 7) is 1.52. The summed E-state index contributed by atoms with van der Waals surface area (Å²) < 4.78 is 64.4. The molecule has 0 bridgehead atoms. The minimum absolute atomic E-state index is 0.168. The highest BCUT2D eigenvalue weighted by molar-refractivity contribution is 7.90. The highest BCUT2D eigenvalue weighted by Gasteiger charge is 2.43. The first-order valence-corrected chi connectivity index (χ1v) is 8.92. The maximum atomic E-state index is 13.0. The third-order valence-electron chi connectivity index (χ3n) is 4.03. The molecule has 1 saturated carbocycles. The summed E-state index contributed by atoms with van der Waals surface area (Å²) in [5.74, 6) is -2.13. The summed E-state index contributed by atoms with van der Waals surface area (Å²) >= 11 is 0. The lowest BCUT2D eigenvalue weighted by molar-refractivity contribution is -0.0875. The van der Waals surface area contributed by atoms with Crippen molar-refractivity contribution >= 4 is 16.2 Å². The first-order valence-electron chi connectivity index (χ1n) is 7.41. The van der Waals surface area contributed by atoms with Gasteiger partial charge < -0.3 is 10.6 Å². The van der Waals surface area contributed by atoms with Crippen molar-refractivity contribution in [1.82, 2.24) is 19.8 Å². The Labute approximate surface area is 142 Å². The first-order chi connectivity index (χ1) is 11.5. The predicted octanol–water partition coefficient (Wildman–Crippen LogP) is 0.268. The van der Waals surface area contributed by atoms with E-state index in [1.807, 2.05) is 0 Å². The number of aryl methyl sites for hydroxylation is 1. The van der Waals surface area contributed by atoms with E-state index in [0.29, 0.717) is 19.1 Å². The first kappa shape index (κ1) is 17.7. The van der Waals surface area contributed by atoms with Gasteiger partial charge in [-0.15, -0.1) is 0 Å². The molecule has 0 radical (unpaired) electrons. The van der Waals surface area contributed by atoms with Crippen molar-refractivity contribution in [2.45, 2.75) is 37.0 Å². The number of aliphatic imine (C=N–C) groups is 1. The lowest BCUT2D eigenvalue weighted by atomic mass is 10.1. The van der Waals surface area contributed by atoms with Gasteiger partial charge in [0.2, 0.25) is 5.79 Å². The van der Waals surface area contributed by atoms with Crippen molar-refractivity contribution in [3.05, 3.63) is 28.8 Å². The van der Waals surface area contributed by atoms with Crippen LogP contribution in [0.25, 0.3) is 0 Å². The van der Waals surface area contributed by atoms with Crippen LogP contribution in [0.1, 0.15) is 24.1 Å². The normalized spacial score (nSPS) is 24.4. The molecule has 1 fully saturated rings. The second-order valence-corrected chi connectivity index (χ2v) is 8.00. The fourth-order valence-electron chi connectivity index (χ4n) is 2.53. The quantitative estimate of drug-likeness (QED) is 0.693. The Balaban J connectivity index is 1.99. The standard InChI is InChI=1S/C13H17F3N6O2S/c1-7-10(6-22(21-7)25(23,24)8-3-4-8)13(17)19-5-9(12(14,15)16)11(18-2)20-13/h5-6,8,18,20H,3-4,17H2,1-2H3. The second-order valence-electron chi connectivity index (χ2n) is 5.93. The zero-order valence-electron chi connectivity index (χ0n) is 13.4. The van der Waals surface area contributed by atoms with Gasteiger partial charge >= 0.3 is 6.18 Å². The van der Waals surface area contributed by atoms with Crippen LogP contribution in [0.15, 0.2) is 22.6 Å². The molecule has 3 rings (SSSR count). The minimum Gasteiger partial charge on any atom is -0.374 e. The predicted molar refractivity (Wildman–Crippen MR) is 83.9 cm³/mol. The van der Waals surface area contributed by atoms with Gasteiger partial charge in [-0.05, 0) is 19.8 Å². The molecule has 1 aliphatic carbocycles. The molecule has 12 heteroatoms. The molecule has 4 N–H and O–H groups in total. The maximum Gasteiger partial charge on any atom is 0.421 e. The molecule has 1 unspecified atom stereocenters. The van der Waals surface area contributed by atoms with Crippen molar-refractivity contribution in [3.8, 4) is 0 Å². The molecule has 8 nitrogen and oxygen atoms in total. The molecule has 25 heavy (non-hydrogen) atoms. The SMILES string of the molecule is CNC1=C(C(F)(F)F)C=NC(N)(c2cn(S(=O)(=O)C3CC3)nc2C)N1. The van der Waals surface area contributed by atoms with E-state index in [0.717, 1.165) is 4.09 Å². The second kappa shape index (κ2) is 5.46. The molecule has 138 valence electrons. The Hall–Kier alpha value is -2.08. The molecule has 1 atom stereocenters. The minimum atomic E-state index is -4.62. The number of hydrogen-bond acceptors (Lipinski definition) is 7. The summed E-state index contributed by atoms with van der Waals surface area (Å²) in [6.07, 6.45) is -1.69. The number of nitrogens with one attached hydrogen (secondary N) is 2. The number of nitrogens with zero attached hydrogens (tertiary/aromatic N) is 3. The Bertz CT molecular complexity index is 869. The van der Waals surface area contributed by atoms with Gasteiger partial charge in [0.1, 0.15) is 11.4 Å². The molecule has 2 heterocycles. The highest BCUT2D eigenvalue weighted by Crippen LogP contribution is 2.33. The third-order valence-corrected chi connectivity index (χ3v) is 6.05. The smallest absolute Gasteiger partial charge is 0.374 e. The lowest BCUT2D eigenvalue weighted by Gasteiger charge is -2.33. The van der Waals surface area contributed by atoms with E-state index >= 15 is 0 Å². The van der Waals surface area contributed by atoms with E-state index in [9.17, 15) is 21.6 Å². The lowest BCUT2D eigenvalue weighted by Crippen LogP contribution is -2.54. The molecule has 1 aromatic heterocycles. The zero-order valence-corrected chi connectivity index (χ0v) is 14.2. The van der Waals surface area contributed by atoms with Crippen LogP contribution in [-0.4, -0.2) is 42.3 Å². The molecule has 1 aromatic rings. The van der Waals surface area contributed by atoms with Crippen LogP contribution < -0.4 is 16.4 Å². The highest BCUT2D eigenvalue weighted by atomic mass is 32.2. The molecular weight excluding hydrogens is 361 g/mol. The number of halogens is 3. The molecule has 0 aromatic carbocycles. The van der Waals surface area contributed by atoms with Crippen LogP contribution in [-0.2, 0) is 15.8 Å². The van der Waals surface area contributed by atoms with Crippen LogP contribution in [0.5, 0.6) is 0 Å². The zero-order chi connectivity index (χ0) is 18.6. The average Bonchev–Trinajstić information content (AvgIpc) is 3.28. The van der Waals surface area contributed by atoms with Gasteiger partial charge in [-0.3, -0.25) is 5.73 Å². The van der Waals surface area contributed by atoms with Crippen molar-refractivity contribution < 1.29 is 21.6 Å². The van der Waals surface area contributed by atoms with Gasteiger partial charge in [0.15, 0.2) is 0 Å². The Morgan fingerprint density at radius 2 is 2.08 bits per heavy atom. The number of hydrogen-bond donors (Lipinski definition) is 3. The Morgan fingerprint density at radius 1 is 1.44 bits per heavy atom. The van der Waals surface area contributed by atoms with Gasteiger partial charge in [0.25, 0.3) is 10.0 Å². The van der Waals surface area contributed by atoms with Crippen molar-refractivity contribution in [1.29, 1.82) is 0 Å². The molecule has 2 aliphatic rings. The molecule has 1 aliphatic heterocycles. The fourth-order valence-corrected chi connectivity index (χ4v) is 4.05. The maximum absolute atomic E-state index is 13.0. The third kappa shape index (κ3) is 2.99. The van der Waals surface area contributed by atoms with E-state index < -0.39 is 32.8 Å². The van der Waals surface area contributed by atoms with Gasteiger partial charge in [0.05, 0.1) is 22.7 Å². The van der Waals surface area contributed by atoms with Crippen LogP contribution in [0.2, 0.25) is 0 Å². The van der Waals surface area contributed by atoms with E-state index in [2.05, 4.69) is 20.7 Å². The van der Waals surface area contributed by atoms with Crippen molar-refractivity contribution in [2.75, 3.05) is 7.05 Å². The number of allylic oxidation sites excluding steroid dienone is 1. The van der Waals surface area contributed by atoms with Crippen molar-refractivity contribution in [2.24, 2.45) is 10.7 Å². The number of aromatic nitrogens is 2. The Morgan fingerprint density at radius 3 is 2.60 bits per heavy atom. The number of nitrogens with two attached hydrogens (primary N) is 1. The largest absolute Gasteiger partial charge is 0.421 e. The summed E-state index contributed by atoms with van der Waals surface area (Å²) in [6, 6.07) is 0. The van der Waals surface area contributed by atoms with Crippen LogP contribution in [0.3, 0.4) is 0 Å². The van der Waals surface area contributed by atoms with Gasteiger partial charge in [-0.2, -0.15) is 22.4 Å². The van der Waals surface area contributed by atoms with Gasteiger partial charge in [-0.1, -0.05) is 0 Å². The Kier molecular flexibility index (Phi) is 3.87. The summed E-state index contributed by atoms with van der Waals surface area (Å²) in [5.41, 5.74) is 5.52. The monoisotopic (exact) mass is 378 g/mol. The molecule has 0 saturated heterocycles. The fraction of sp³-hybridized carbons (Fsp3) is 0.538. The van der Waals surface area contributed by atoms with E-state index in [-0.39, 0.29) is 17.1 Å². The van der Waals surface area contributed by atoms with E-state index in [1.165, 1.54) is 20.2 Å². The van der Waals surface area contributed by atoms with Crippen LogP contribution >= 0.6 is 0 Å². The van der Waals surface area contributed by atoms with E-state index in [4.69, 9.17) is 5.73 Å². The molecule has 0 spiro atoms. The average molecular weight is 378 g/mol. The van der Waals surface area contributed by atoms with Crippen LogP contribution in [0, 0.1) is 6.92 Å². The molecule has 0 amide bonds. The number of alkyl halides is 3. The topological polar surface area (TPSA) is 114 Å². The summed E-state index contributed by atoms with van der Waals surface area (Å²) in [4.78, 5) is 3.77. The van der Waals surface area contributed by atoms with Crippen LogP contribution in [0.4, 0.5) is 13.2 Å². The summed E-state index contributed by atoms with van der Waals surface area (Å²) in [5, 5.41) is 8.36. The van der Waals surface area contributed by atoms with Crippen molar-refractivity contribution in [3.63, 3.8) is 0 Å². The number of rotatable bonds is 4. The van der Waals surface area contributed by atoms with Gasteiger partial charge in [-0.25, -0.2) is 13.4 Å².